The fraction of sp³-hybridized carbons (Fsp3) is 0.133. The van der Waals surface area contributed by atoms with Crippen LogP contribution in [0.1, 0.15) is 10.4 Å². The van der Waals surface area contributed by atoms with E-state index in [2.05, 4.69) is 10.0 Å². The summed E-state index contributed by atoms with van der Waals surface area (Å²) in [5.74, 6) is -0.299. The fourth-order valence-electron chi connectivity index (χ4n) is 1.76. The van der Waals surface area contributed by atoms with Crippen molar-refractivity contribution in [3.05, 3.63) is 64.1 Å². The van der Waals surface area contributed by atoms with E-state index in [1.54, 1.807) is 24.3 Å². The minimum absolute atomic E-state index is 0.0737. The smallest absolute Gasteiger partial charge is 0.251 e. The molecule has 0 atom stereocenters. The third kappa shape index (κ3) is 5.21. The largest absolute Gasteiger partial charge is 0.351 e. The van der Waals surface area contributed by atoms with Crippen molar-refractivity contribution in [1.29, 1.82) is 0 Å². The summed E-state index contributed by atoms with van der Waals surface area (Å²) in [5.41, 5.74) is 0.454. The molecular formula is C15H14Cl2N2O3S. The molecule has 0 aliphatic carbocycles. The summed E-state index contributed by atoms with van der Waals surface area (Å²) < 4.78 is 26.4. The Hall–Kier alpha value is -1.60. The molecular weight excluding hydrogens is 359 g/mol. The van der Waals surface area contributed by atoms with E-state index in [4.69, 9.17) is 23.2 Å². The van der Waals surface area contributed by atoms with E-state index in [9.17, 15) is 13.2 Å². The summed E-state index contributed by atoms with van der Waals surface area (Å²) >= 11 is 11.5. The monoisotopic (exact) mass is 372 g/mol. The van der Waals surface area contributed by atoms with Gasteiger partial charge in [-0.3, -0.25) is 4.79 Å². The minimum Gasteiger partial charge on any atom is -0.351 e. The van der Waals surface area contributed by atoms with Gasteiger partial charge in [-0.1, -0.05) is 23.2 Å². The molecule has 2 aromatic carbocycles. The SMILES string of the molecule is O=C(NCCNS(=O)(=O)c1ccc(Cl)cc1)c1ccc(Cl)cc1. The van der Waals surface area contributed by atoms with Gasteiger partial charge in [0.1, 0.15) is 0 Å². The first kappa shape index (κ1) is 17.7. The molecule has 0 bridgehead atoms. The van der Waals surface area contributed by atoms with E-state index in [0.29, 0.717) is 15.6 Å². The number of nitrogens with one attached hydrogen (secondary N) is 2. The van der Waals surface area contributed by atoms with E-state index >= 15 is 0 Å². The summed E-state index contributed by atoms with van der Waals surface area (Å²) in [6.07, 6.45) is 0. The lowest BCUT2D eigenvalue weighted by molar-refractivity contribution is 0.0954. The molecule has 0 radical (unpaired) electrons. The number of hydrogen-bond acceptors (Lipinski definition) is 3. The zero-order valence-corrected chi connectivity index (χ0v) is 14.3. The third-order valence-corrected chi connectivity index (χ3v) is 4.91. The van der Waals surface area contributed by atoms with Crippen molar-refractivity contribution in [1.82, 2.24) is 10.0 Å². The van der Waals surface area contributed by atoms with Crippen molar-refractivity contribution in [2.75, 3.05) is 13.1 Å². The van der Waals surface area contributed by atoms with Crippen molar-refractivity contribution in [3.8, 4) is 0 Å². The van der Waals surface area contributed by atoms with Crippen LogP contribution in [-0.2, 0) is 10.0 Å². The van der Waals surface area contributed by atoms with Gasteiger partial charge in [-0.2, -0.15) is 0 Å². The van der Waals surface area contributed by atoms with Gasteiger partial charge in [0.15, 0.2) is 0 Å². The average Bonchev–Trinajstić information content (AvgIpc) is 2.52. The van der Waals surface area contributed by atoms with Crippen LogP contribution in [0.5, 0.6) is 0 Å². The van der Waals surface area contributed by atoms with Gasteiger partial charge < -0.3 is 5.32 Å². The Balaban J connectivity index is 1.83. The lowest BCUT2D eigenvalue weighted by Crippen LogP contribution is -2.34. The fourth-order valence-corrected chi connectivity index (χ4v) is 3.05. The number of hydrogen-bond donors (Lipinski definition) is 2. The molecule has 0 spiro atoms. The standard InChI is InChI=1S/C15H14Cl2N2O3S/c16-12-3-1-11(2-4-12)15(20)18-9-10-19-23(21,22)14-7-5-13(17)6-8-14/h1-8,19H,9-10H2,(H,18,20). The molecule has 8 heteroatoms. The number of amides is 1. The first-order valence-electron chi connectivity index (χ1n) is 6.67. The second kappa shape index (κ2) is 7.79. The van der Waals surface area contributed by atoms with Crippen LogP contribution in [-0.4, -0.2) is 27.4 Å². The van der Waals surface area contributed by atoms with Gasteiger partial charge in [0.05, 0.1) is 4.90 Å². The van der Waals surface area contributed by atoms with Crippen molar-refractivity contribution in [3.63, 3.8) is 0 Å². The molecule has 0 saturated carbocycles. The second-order valence-electron chi connectivity index (χ2n) is 4.61. The van der Waals surface area contributed by atoms with Crippen LogP contribution in [0.15, 0.2) is 53.4 Å². The highest BCUT2D eigenvalue weighted by molar-refractivity contribution is 7.89. The molecule has 0 aliphatic heterocycles. The molecule has 2 N–H and O–H groups in total. The molecule has 1 amide bonds. The molecule has 5 nitrogen and oxygen atoms in total. The van der Waals surface area contributed by atoms with Gasteiger partial charge in [0.2, 0.25) is 10.0 Å². The number of rotatable bonds is 6. The number of benzene rings is 2. The van der Waals surface area contributed by atoms with Gasteiger partial charge in [-0.15, -0.1) is 0 Å². The van der Waals surface area contributed by atoms with E-state index in [1.807, 2.05) is 0 Å². The van der Waals surface area contributed by atoms with Crippen molar-refractivity contribution in [2.24, 2.45) is 0 Å². The van der Waals surface area contributed by atoms with Crippen LogP contribution < -0.4 is 10.0 Å². The summed E-state index contributed by atoms with van der Waals surface area (Å²) in [4.78, 5) is 12.0. The predicted molar refractivity (Wildman–Crippen MR) is 90.4 cm³/mol. The van der Waals surface area contributed by atoms with Crippen LogP contribution in [0.25, 0.3) is 0 Å². The number of halogens is 2. The molecule has 2 aromatic rings. The number of carbonyl (C=O) groups excluding carboxylic acids is 1. The molecule has 0 fully saturated rings. The average molecular weight is 373 g/mol. The Morgan fingerprint density at radius 2 is 1.39 bits per heavy atom. The molecule has 0 unspecified atom stereocenters. The minimum atomic E-state index is -3.62. The summed E-state index contributed by atoms with van der Waals surface area (Å²) in [6, 6.07) is 12.2. The normalized spacial score (nSPS) is 11.2. The first-order valence-corrected chi connectivity index (χ1v) is 8.91. The lowest BCUT2D eigenvalue weighted by atomic mass is 10.2. The zero-order valence-electron chi connectivity index (χ0n) is 11.9. The third-order valence-electron chi connectivity index (χ3n) is 2.93. The highest BCUT2D eigenvalue weighted by Gasteiger charge is 2.13. The van der Waals surface area contributed by atoms with Gasteiger partial charge >= 0.3 is 0 Å². The highest BCUT2D eigenvalue weighted by Crippen LogP contribution is 2.13. The summed E-state index contributed by atoms with van der Waals surface area (Å²) in [5, 5.41) is 3.62. The maximum absolute atomic E-state index is 12.0. The van der Waals surface area contributed by atoms with Crippen LogP contribution >= 0.6 is 23.2 Å². The Bertz CT molecular complexity index is 775. The van der Waals surface area contributed by atoms with Crippen LogP contribution in [0.4, 0.5) is 0 Å². The van der Waals surface area contributed by atoms with Crippen molar-refractivity contribution < 1.29 is 13.2 Å². The molecule has 0 aliphatic rings. The Morgan fingerprint density at radius 3 is 1.96 bits per heavy atom. The molecule has 0 aromatic heterocycles. The van der Waals surface area contributed by atoms with E-state index in [0.717, 1.165) is 0 Å². The van der Waals surface area contributed by atoms with Crippen LogP contribution in [0.2, 0.25) is 10.0 Å². The van der Waals surface area contributed by atoms with E-state index in [-0.39, 0.29) is 23.9 Å². The lowest BCUT2D eigenvalue weighted by Gasteiger charge is -2.08. The Kier molecular flexibility index (Phi) is 6.01. The Morgan fingerprint density at radius 1 is 0.870 bits per heavy atom. The predicted octanol–water partition coefficient (Wildman–Crippen LogP) is 2.70. The quantitative estimate of drug-likeness (QED) is 0.765. The van der Waals surface area contributed by atoms with Gasteiger partial charge in [0, 0.05) is 28.7 Å². The maximum atomic E-state index is 12.0. The number of sulfonamides is 1. The van der Waals surface area contributed by atoms with Crippen molar-refractivity contribution >= 4 is 39.1 Å². The van der Waals surface area contributed by atoms with Gasteiger partial charge in [-0.25, -0.2) is 13.1 Å². The topological polar surface area (TPSA) is 75.3 Å². The summed E-state index contributed by atoms with van der Waals surface area (Å²) in [7, 11) is -3.62. The molecule has 2 rings (SSSR count). The second-order valence-corrected chi connectivity index (χ2v) is 7.25. The van der Waals surface area contributed by atoms with Gasteiger partial charge in [0.25, 0.3) is 5.91 Å². The van der Waals surface area contributed by atoms with E-state index < -0.39 is 10.0 Å². The molecule has 122 valence electrons. The Labute approximate surface area is 144 Å². The molecule has 23 heavy (non-hydrogen) atoms. The van der Waals surface area contributed by atoms with Crippen molar-refractivity contribution in [2.45, 2.75) is 4.90 Å². The molecule has 0 saturated heterocycles. The van der Waals surface area contributed by atoms with Crippen LogP contribution in [0, 0.1) is 0 Å². The maximum Gasteiger partial charge on any atom is 0.251 e. The van der Waals surface area contributed by atoms with E-state index in [1.165, 1.54) is 24.3 Å². The number of carbonyl (C=O) groups is 1. The molecule has 0 heterocycles. The van der Waals surface area contributed by atoms with Crippen LogP contribution in [0.3, 0.4) is 0 Å². The zero-order chi connectivity index (χ0) is 16.9. The van der Waals surface area contributed by atoms with Gasteiger partial charge in [-0.05, 0) is 48.5 Å². The highest BCUT2D eigenvalue weighted by atomic mass is 35.5. The summed E-state index contributed by atoms with van der Waals surface area (Å²) in [6.45, 7) is 0.235. The first-order chi connectivity index (χ1) is 10.9.